The fourth-order valence-corrected chi connectivity index (χ4v) is 3.41. The van der Waals surface area contributed by atoms with Crippen molar-refractivity contribution in [1.82, 2.24) is 29.9 Å². The van der Waals surface area contributed by atoms with E-state index in [0.29, 0.717) is 5.65 Å². The van der Waals surface area contributed by atoms with Gasteiger partial charge in [0.05, 0.1) is 12.4 Å². The normalized spacial score (nSPS) is 26.4. The average Bonchev–Trinajstić information content (AvgIpc) is 2.94. The van der Waals surface area contributed by atoms with E-state index in [1.165, 1.54) is 25.7 Å². The molecule has 2 aromatic rings. The second-order valence-corrected chi connectivity index (χ2v) is 6.42. The number of rotatable bonds is 4. The SMILES string of the molecule is CC1CCCC(CNc2cncc3nnnn23)(N(C)C)C1. The maximum absolute atomic E-state index is 4.19. The number of hydrogen-bond acceptors (Lipinski definition) is 6. The number of anilines is 1. The minimum absolute atomic E-state index is 0.188. The topological polar surface area (TPSA) is 71.2 Å². The van der Waals surface area contributed by atoms with Crippen LogP contribution in [-0.2, 0) is 0 Å². The van der Waals surface area contributed by atoms with Crippen molar-refractivity contribution in [3.8, 4) is 0 Å². The first kappa shape index (κ1) is 14.2. The van der Waals surface area contributed by atoms with Gasteiger partial charge in [-0.25, -0.2) is 0 Å². The van der Waals surface area contributed by atoms with Gasteiger partial charge in [-0.1, -0.05) is 19.8 Å². The molecule has 2 unspecified atom stereocenters. The Hall–Kier alpha value is -1.76. The standard InChI is InChI=1S/C14H23N7/c1-11-5-4-6-14(7-11,20(2)3)10-16-12-8-15-9-13-17-18-19-21(12)13/h8-9,11,16H,4-7,10H2,1-3H3. The van der Waals surface area contributed by atoms with Crippen LogP contribution < -0.4 is 5.32 Å². The summed E-state index contributed by atoms with van der Waals surface area (Å²) in [5.74, 6) is 1.61. The molecule has 3 rings (SSSR count). The summed E-state index contributed by atoms with van der Waals surface area (Å²) in [6, 6.07) is 0. The van der Waals surface area contributed by atoms with Crippen LogP contribution in [0, 0.1) is 5.92 Å². The molecule has 7 nitrogen and oxygen atoms in total. The molecule has 0 radical (unpaired) electrons. The molecule has 1 fully saturated rings. The first-order valence-electron chi connectivity index (χ1n) is 7.54. The maximum Gasteiger partial charge on any atom is 0.199 e. The van der Waals surface area contributed by atoms with E-state index >= 15 is 0 Å². The molecule has 0 amide bonds. The van der Waals surface area contributed by atoms with E-state index in [1.54, 1.807) is 16.9 Å². The zero-order chi connectivity index (χ0) is 14.9. The lowest BCUT2D eigenvalue weighted by molar-refractivity contribution is 0.0881. The first-order chi connectivity index (χ1) is 10.1. The largest absolute Gasteiger partial charge is 0.367 e. The molecule has 0 spiro atoms. The Balaban J connectivity index is 1.79. The van der Waals surface area contributed by atoms with Gasteiger partial charge in [0.15, 0.2) is 5.65 Å². The van der Waals surface area contributed by atoms with E-state index < -0.39 is 0 Å². The van der Waals surface area contributed by atoms with Gasteiger partial charge in [-0.3, -0.25) is 4.98 Å². The quantitative estimate of drug-likeness (QED) is 0.918. The molecule has 0 aromatic carbocycles. The van der Waals surface area contributed by atoms with Gasteiger partial charge in [-0.05, 0) is 43.3 Å². The third kappa shape index (κ3) is 2.70. The molecule has 1 N–H and O–H groups in total. The lowest BCUT2D eigenvalue weighted by atomic mass is 9.75. The molecule has 1 saturated carbocycles. The summed E-state index contributed by atoms with van der Waals surface area (Å²) in [5, 5.41) is 15.1. The third-order valence-electron chi connectivity index (χ3n) is 4.72. The van der Waals surface area contributed by atoms with Crippen molar-refractivity contribution in [2.45, 2.75) is 38.1 Å². The van der Waals surface area contributed by atoms with Crippen molar-refractivity contribution in [3.05, 3.63) is 12.4 Å². The minimum atomic E-state index is 0.188. The van der Waals surface area contributed by atoms with Gasteiger partial charge in [-0.2, -0.15) is 4.52 Å². The number of nitrogens with one attached hydrogen (secondary N) is 1. The summed E-state index contributed by atoms with van der Waals surface area (Å²) in [6.07, 6.45) is 8.49. The van der Waals surface area contributed by atoms with E-state index in [0.717, 1.165) is 18.3 Å². The summed E-state index contributed by atoms with van der Waals surface area (Å²) in [4.78, 5) is 6.56. The van der Waals surface area contributed by atoms with E-state index in [1.807, 2.05) is 0 Å². The average molecular weight is 289 g/mol. The molecule has 2 aromatic heterocycles. The monoisotopic (exact) mass is 289 g/mol. The predicted octanol–water partition coefficient (Wildman–Crippen LogP) is 1.44. The molecular weight excluding hydrogens is 266 g/mol. The molecule has 21 heavy (non-hydrogen) atoms. The Morgan fingerprint density at radius 3 is 3.05 bits per heavy atom. The van der Waals surface area contributed by atoms with Crippen LogP contribution in [0.25, 0.3) is 5.65 Å². The molecule has 1 aliphatic carbocycles. The molecule has 0 aliphatic heterocycles. The first-order valence-corrected chi connectivity index (χ1v) is 7.54. The van der Waals surface area contributed by atoms with Gasteiger partial charge in [0.2, 0.25) is 0 Å². The number of hydrogen-bond donors (Lipinski definition) is 1. The lowest BCUT2D eigenvalue weighted by Crippen LogP contribution is -2.52. The molecular formula is C14H23N7. The summed E-state index contributed by atoms with van der Waals surface area (Å²) < 4.78 is 1.70. The summed E-state index contributed by atoms with van der Waals surface area (Å²) >= 11 is 0. The predicted molar refractivity (Wildman–Crippen MR) is 81.1 cm³/mol. The Labute approximate surface area is 124 Å². The molecule has 0 bridgehead atoms. The van der Waals surface area contributed by atoms with Crippen molar-refractivity contribution >= 4 is 11.5 Å². The van der Waals surface area contributed by atoms with Crippen molar-refractivity contribution in [1.29, 1.82) is 0 Å². The summed E-state index contributed by atoms with van der Waals surface area (Å²) in [7, 11) is 4.35. The van der Waals surface area contributed by atoms with Crippen LogP contribution >= 0.6 is 0 Å². The molecule has 0 saturated heterocycles. The van der Waals surface area contributed by atoms with Crippen molar-refractivity contribution in [3.63, 3.8) is 0 Å². The molecule has 1 aliphatic rings. The van der Waals surface area contributed by atoms with Crippen LogP contribution in [0.2, 0.25) is 0 Å². The highest BCUT2D eigenvalue weighted by Crippen LogP contribution is 2.35. The molecule has 114 valence electrons. The van der Waals surface area contributed by atoms with Gasteiger partial charge in [0.25, 0.3) is 0 Å². The van der Waals surface area contributed by atoms with Gasteiger partial charge in [0, 0.05) is 12.1 Å². The van der Waals surface area contributed by atoms with Crippen molar-refractivity contribution < 1.29 is 0 Å². The fourth-order valence-electron chi connectivity index (χ4n) is 3.41. The highest BCUT2D eigenvalue weighted by atomic mass is 15.5. The van der Waals surface area contributed by atoms with E-state index in [9.17, 15) is 0 Å². The van der Waals surface area contributed by atoms with Gasteiger partial charge >= 0.3 is 0 Å². The number of tetrazole rings is 1. The number of fused-ring (bicyclic) bond motifs is 1. The Kier molecular flexibility index (Phi) is 3.75. The molecule has 2 atom stereocenters. The second-order valence-electron chi connectivity index (χ2n) is 6.42. The van der Waals surface area contributed by atoms with Crippen LogP contribution in [-0.4, -0.2) is 56.1 Å². The maximum atomic E-state index is 4.19. The zero-order valence-electron chi connectivity index (χ0n) is 13.0. The van der Waals surface area contributed by atoms with Gasteiger partial charge in [0.1, 0.15) is 5.82 Å². The van der Waals surface area contributed by atoms with Crippen molar-refractivity contribution in [2.75, 3.05) is 26.0 Å². The van der Waals surface area contributed by atoms with E-state index in [-0.39, 0.29) is 5.54 Å². The number of likely N-dealkylation sites (N-methyl/N-ethyl adjacent to an activating group) is 1. The highest BCUT2D eigenvalue weighted by molar-refractivity contribution is 5.43. The third-order valence-corrected chi connectivity index (χ3v) is 4.72. The summed E-state index contributed by atoms with van der Waals surface area (Å²) in [6.45, 7) is 3.23. The lowest BCUT2D eigenvalue weighted by Gasteiger charge is -2.45. The number of aromatic nitrogens is 5. The van der Waals surface area contributed by atoms with Crippen LogP contribution in [0.3, 0.4) is 0 Å². The minimum Gasteiger partial charge on any atom is -0.367 e. The highest BCUT2D eigenvalue weighted by Gasteiger charge is 2.36. The van der Waals surface area contributed by atoms with Crippen LogP contribution in [0.5, 0.6) is 0 Å². The molecule has 7 heteroatoms. The smallest absolute Gasteiger partial charge is 0.199 e. The Morgan fingerprint density at radius 1 is 1.43 bits per heavy atom. The Bertz CT molecular complexity index is 608. The van der Waals surface area contributed by atoms with Crippen LogP contribution in [0.15, 0.2) is 12.4 Å². The fraction of sp³-hybridized carbons (Fsp3) is 0.714. The van der Waals surface area contributed by atoms with Crippen LogP contribution in [0.1, 0.15) is 32.6 Å². The zero-order valence-corrected chi connectivity index (χ0v) is 13.0. The second kappa shape index (κ2) is 5.55. The summed E-state index contributed by atoms with van der Waals surface area (Å²) in [5.41, 5.74) is 0.851. The number of nitrogens with zero attached hydrogens (tertiary/aromatic N) is 6. The Morgan fingerprint density at radius 2 is 2.29 bits per heavy atom. The van der Waals surface area contributed by atoms with E-state index in [2.05, 4.69) is 51.7 Å². The van der Waals surface area contributed by atoms with E-state index in [4.69, 9.17) is 0 Å². The van der Waals surface area contributed by atoms with Crippen molar-refractivity contribution in [2.24, 2.45) is 5.92 Å². The van der Waals surface area contributed by atoms with Crippen LogP contribution in [0.4, 0.5) is 5.82 Å². The van der Waals surface area contributed by atoms with Gasteiger partial charge < -0.3 is 10.2 Å². The molecule has 2 heterocycles. The van der Waals surface area contributed by atoms with Gasteiger partial charge in [-0.15, -0.1) is 5.10 Å².